The number of ether oxygens (including phenoxy) is 1. The molecule has 11 heteroatoms. The molecular weight excluding hydrogens is 436 g/mol. The van der Waals surface area contributed by atoms with Gasteiger partial charge in [0.1, 0.15) is 10.6 Å². The first-order valence-corrected chi connectivity index (χ1v) is 11.2. The number of anilines is 1. The molecule has 1 aliphatic rings. The Kier molecular flexibility index (Phi) is 6.04. The SMILES string of the molecule is O=[N+]([O-])c1ccc(N/N=C/c2c(O)ccc3ccccc23)c(S(=O)(=O)N2CCOCC2)c1. The summed E-state index contributed by atoms with van der Waals surface area (Å²) < 4.78 is 32.8. The molecule has 0 bridgehead atoms. The molecule has 0 aromatic heterocycles. The van der Waals surface area contributed by atoms with E-state index in [9.17, 15) is 23.6 Å². The van der Waals surface area contributed by atoms with Crippen LogP contribution in [-0.2, 0) is 14.8 Å². The van der Waals surface area contributed by atoms with E-state index in [0.29, 0.717) is 5.56 Å². The van der Waals surface area contributed by atoms with E-state index in [1.165, 1.54) is 22.7 Å². The van der Waals surface area contributed by atoms with Crippen molar-refractivity contribution in [3.05, 3.63) is 70.3 Å². The molecule has 3 aromatic carbocycles. The number of nitrogens with zero attached hydrogens (tertiary/aromatic N) is 3. The van der Waals surface area contributed by atoms with Gasteiger partial charge >= 0.3 is 0 Å². The Balaban J connectivity index is 1.70. The number of non-ortho nitro benzene ring substituents is 1. The van der Waals surface area contributed by atoms with Crippen molar-refractivity contribution >= 4 is 38.4 Å². The second-order valence-electron chi connectivity index (χ2n) is 7.04. The maximum Gasteiger partial charge on any atom is 0.270 e. The van der Waals surface area contributed by atoms with Crippen molar-refractivity contribution in [2.75, 3.05) is 31.7 Å². The monoisotopic (exact) mass is 456 g/mol. The van der Waals surface area contributed by atoms with Gasteiger partial charge < -0.3 is 9.84 Å². The number of phenolic OH excluding ortho intramolecular Hbond substituents is 1. The number of phenols is 1. The second-order valence-corrected chi connectivity index (χ2v) is 8.95. The zero-order chi connectivity index (χ0) is 22.7. The summed E-state index contributed by atoms with van der Waals surface area (Å²) in [5, 5.41) is 27.2. The zero-order valence-electron chi connectivity index (χ0n) is 16.8. The van der Waals surface area contributed by atoms with E-state index in [0.717, 1.165) is 16.8 Å². The van der Waals surface area contributed by atoms with E-state index in [1.807, 2.05) is 24.3 Å². The highest BCUT2D eigenvalue weighted by Gasteiger charge is 2.30. The third-order valence-corrected chi connectivity index (χ3v) is 7.03. The highest BCUT2D eigenvalue weighted by molar-refractivity contribution is 7.89. The Morgan fingerprint density at radius 3 is 2.62 bits per heavy atom. The van der Waals surface area contributed by atoms with Gasteiger partial charge in [0.05, 0.1) is 30.0 Å². The van der Waals surface area contributed by atoms with Crippen LogP contribution in [0.4, 0.5) is 11.4 Å². The molecule has 1 saturated heterocycles. The number of nitro groups is 1. The molecule has 10 nitrogen and oxygen atoms in total. The van der Waals surface area contributed by atoms with Crippen LogP contribution in [0.3, 0.4) is 0 Å². The number of hydrogen-bond donors (Lipinski definition) is 2. The lowest BCUT2D eigenvalue weighted by Crippen LogP contribution is -2.40. The van der Waals surface area contributed by atoms with Crippen LogP contribution in [0.5, 0.6) is 5.75 Å². The van der Waals surface area contributed by atoms with Gasteiger partial charge in [-0.2, -0.15) is 9.41 Å². The molecule has 0 unspecified atom stereocenters. The molecule has 1 heterocycles. The molecule has 0 radical (unpaired) electrons. The van der Waals surface area contributed by atoms with Crippen molar-refractivity contribution in [3.63, 3.8) is 0 Å². The lowest BCUT2D eigenvalue weighted by molar-refractivity contribution is -0.385. The molecule has 0 saturated carbocycles. The fraction of sp³-hybridized carbons (Fsp3) is 0.190. The molecule has 0 atom stereocenters. The number of hydrogen-bond acceptors (Lipinski definition) is 8. The Morgan fingerprint density at radius 2 is 1.88 bits per heavy atom. The number of fused-ring (bicyclic) bond motifs is 1. The zero-order valence-corrected chi connectivity index (χ0v) is 17.7. The number of aromatic hydroxyl groups is 1. The minimum atomic E-state index is -4.02. The molecule has 3 aromatic rings. The van der Waals surface area contributed by atoms with E-state index < -0.39 is 14.9 Å². The van der Waals surface area contributed by atoms with Crippen molar-refractivity contribution in [1.29, 1.82) is 0 Å². The number of nitro benzene ring substituents is 1. The van der Waals surface area contributed by atoms with Gasteiger partial charge in [-0.25, -0.2) is 8.42 Å². The van der Waals surface area contributed by atoms with Crippen molar-refractivity contribution in [3.8, 4) is 5.75 Å². The standard InChI is InChI=1S/C21H20N4O6S/c26-20-8-5-15-3-1-2-4-17(15)18(20)14-22-23-19-7-6-16(25(27)28)13-21(19)32(29,30)24-9-11-31-12-10-24/h1-8,13-14,23,26H,9-12H2/b22-14+. The van der Waals surface area contributed by atoms with Crippen molar-refractivity contribution in [2.45, 2.75) is 4.90 Å². The van der Waals surface area contributed by atoms with Gasteiger partial charge in [-0.05, 0) is 22.9 Å². The summed E-state index contributed by atoms with van der Waals surface area (Å²) in [6.07, 6.45) is 1.38. The van der Waals surface area contributed by atoms with Crippen LogP contribution in [0.25, 0.3) is 10.8 Å². The Labute approximate surface area is 183 Å². The number of sulfonamides is 1. The molecule has 4 rings (SSSR count). The molecule has 166 valence electrons. The minimum absolute atomic E-state index is 0.0131. The smallest absolute Gasteiger partial charge is 0.270 e. The van der Waals surface area contributed by atoms with Gasteiger partial charge in [-0.15, -0.1) is 0 Å². The third-order valence-electron chi connectivity index (χ3n) is 5.09. The first-order valence-electron chi connectivity index (χ1n) is 9.74. The molecule has 0 amide bonds. The lowest BCUT2D eigenvalue weighted by Gasteiger charge is -2.26. The largest absolute Gasteiger partial charge is 0.507 e. The summed E-state index contributed by atoms with van der Waals surface area (Å²) in [5.74, 6) is 0.0131. The molecule has 0 aliphatic carbocycles. The van der Waals surface area contributed by atoms with E-state index in [4.69, 9.17) is 4.74 Å². The molecule has 1 fully saturated rings. The lowest BCUT2D eigenvalue weighted by atomic mass is 10.0. The van der Waals surface area contributed by atoms with Crippen LogP contribution >= 0.6 is 0 Å². The predicted octanol–water partition coefficient (Wildman–Crippen LogP) is 2.92. The number of nitrogens with one attached hydrogen (secondary N) is 1. The Bertz CT molecular complexity index is 1300. The average Bonchev–Trinajstić information content (AvgIpc) is 2.81. The van der Waals surface area contributed by atoms with Crippen LogP contribution in [0.1, 0.15) is 5.56 Å². The topological polar surface area (TPSA) is 134 Å². The number of benzene rings is 3. The van der Waals surface area contributed by atoms with Crippen molar-refractivity contribution < 1.29 is 23.2 Å². The van der Waals surface area contributed by atoms with Crippen molar-refractivity contribution in [2.24, 2.45) is 5.10 Å². The Hall–Kier alpha value is -3.54. The van der Waals surface area contributed by atoms with Crippen LogP contribution in [0.2, 0.25) is 0 Å². The third kappa shape index (κ3) is 4.26. The maximum absolute atomic E-state index is 13.2. The van der Waals surface area contributed by atoms with E-state index in [1.54, 1.807) is 12.1 Å². The summed E-state index contributed by atoms with van der Waals surface area (Å²) in [4.78, 5) is 10.3. The summed E-state index contributed by atoms with van der Waals surface area (Å²) in [6, 6.07) is 14.3. The van der Waals surface area contributed by atoms with Gasteiger partial charge in [0, 0.05) is 30.8 Å². The highest BCUT2D eigenvalue weighted by atomic mass is 32.2. The van der Waals surface area contributed by atoms with Gasteiger partial charge in [0.15, 0.2) is 0 Å². The highest BCUT2D eigenvalue weighted by Crippen LogP contribution is 2.30. The van der Waals surface area contributed by atoms with Crippen LogP contribution in [0.15, 0.2) is 64.6 Å². The van der Waals surface area contributed by atoms with Crippen LogP contribution < -0.4 is 5.43 Å². The summed E-state index contributed by atoms with van der Waals surface area (Å²) in [5.41, 5.74) is 2.85. The van der Waals surface area contributed by atoms with Gasteiger partial charge in [-0.1, -0.05) is 30.3 Å². The predicted molar refractivity (Wildman–Crippen MR) is 120 cm³/mol. The quantitative estimate of drug-likeness (QED) is 0.331. The Morgan fingerprint density at radius 1 is 1.12 bits per heavy atom. The molecule has 32 heavy (non-hydrogen) atoms. The number of rotatable bonds is 6. The average molecular weight is 456 g/mol. The molecule has 2 N–H and O–H groups in total. The van der Waals surface area contributed by atoms with Gasteiger partial charge in [0.2, 0.25) is 10.0 Å². The minimum Gasteiger partial charge on any atom is -0.507 e. The van der Waals surface area contributed by atoms with Gasteiger partial charge in [0.25, 0.3) is 5.69 Å². The fourth-order valence-electron chi connectivity index (χ4n) is 3.44. The number of hydrazone groups is 1. The molecule has 1 aliphatic heterocycles. The van der Waals surface area contributed by atoms with Gasteiger partial charge in [-0.3, -0.25) is 15.5 Å². The van der Waals surface area contributed by atoms with E-state index >= 15 is 0 Å². The fourth-order valence-corrected chi connectivity index (χ4v) is 5.01. The molecular formula is C21H20N4O6S. The summed E-state index contributed by atoms with van der Waals surface area (Å²) in [6.45, 7) is 0.792. The number of morpholine rings is 1. The van der Waals surface area contributed by atoms with E-state index in [2.05, 4.69) is 10.5 Å². The normalized spacial score (nSPS) is 15.2. The first-order chi connectivity index (χ1) is 15.4. The summed E-state index contributed by atoms with van der Waals surface area (Å²) in [7, 11) is -4.02. The second kappa shape index (κ2) is 8.91. The maximum atomic E-state index is 13.2. The first kappa shape index (κ1) is 21.7. The van der Waals surface area contributed by atoms with Crippen LogP contribution in [0, 0.1) is 10.1 Å². The van der Waals surface area contributed by atoms with E-state index in [-0.39, 0.29) is 48.3 Å². The van der Waals surface area contributed by atoms with Crippen molar-refractivity contribution in [1.82, 2.24) is 4.31 Å². The molecule has 0 spiro atoms. The summed E-state index contributed by atoms with van der Waals surface area (Å²) >= 11 is 0. The van der Waals surface area contributed by atoms with Crippen LogP contribution in [-0.4, -0.2) is 55.3 Å².